The average molecular weight is 319 g/mol. The summed E-state index contributed by atoms with van der Waals surface area (Å²) in [6.07, 6.45) is 1.72. The Balaban J connectivity index is 2.34. The summed E-state index contributed by atoms with van der Waals surface area (Å²) < 4.78 is 9.97. The van der Waals surface area contributed by atoms with E-state index >= 15 is 0 Å². The van der Waals surface area contributed by atoms with Crippen LogP contribution in [-0.2, 0) is 14.3 Å². The second-order valence-electron chi connectivity index (χ2n) is 4.15. The molecule has 0 aliphatic rings. The number of ether oxygens (including phenoxy) is 2. The van der Waals surface area contributed by atoms with Gasteiger partial charge in [-0.25, -0.2) is 0 Å². The normalized spacial score (nSPS) is 10.2. The van der Waals surface area contributed by atoms with Crippen molar-refractivity contribution in [2.75, 3.05) is 6.61 Å². The Kier molecular flexibility index (Phi) is 7.41. The van der Waals surface area contributed by atoms with Gasteiger partial charge >= 0.3 is 11.9 Å². The molecule has 0 heterocycles. The van der Waals surface area contributed by atoms with Crippen LogP contribution in [0.2, 0.25) is 10.0 Å². The molecule has 0 saturated heterocycles. The molecule has 0 spiro atoms. The lowest BCUT2D eigenvalue weighted by Gasteiger charge is -2.06. The monoisotopic (exact) mass is 318 g/mol. The Morgan fingerprint density at radius 3 is 2.25 bits per heavy atom. The molecule has 0 atom stereocenters. The van der Waals surface area contributed by atoms with Crippen LogP contribution in [0.3, 0.4) is 0 Å². The molecule has 20 heavy (non-hydrogen) atoms. The molecule has 0 amide bonds. The highest BCUT2D eigenvalue weighted by atomic mass is 35.5. The first-order valence-electron chi connectivity index (χ1n) is 6.33. The van der Waals surface area contributed by atoms with E-state index in [1.807, 2.05) is 6.92 Å². The van der Waals surface area contributed by atoms with E-state index in [2.05, 4.69) is 0 Å². The minimum Gasteiger partial charge on any atom is -0.466 e. The third kappa shape index (κ3) is 6.78. The van der Waals surface area contributed by atoms with Crippen LogP contribution in [-0.4, -0.2) is 18.5 Å². The van der Waals surface area contributed by atoms with Crippen molar-refractivity contribution >= 4 is 35.1 Å². The van der Waals surface area contributed by atoms with E-state index in [1.54, 1.807) is 0 Å². The lowest BCUT2D eigenvalue weighted by atomic mass is 10.3. The zero-order valence-corrected chi connectivity index (χ0v) is 12.7. The fourth-order valence-corrected chi connectivity index (χ4v) is 1.88. The summed E-state index contributed by atoms with van der Waals surface area (Å²) in [6, 6.07) is 4.49. The topological polar surface area (TPSA) is 52.6 Å². The molecule has 0 aromatic heterocycles. The van der Waals surface area contributed by atoms with Crippen LogP contribution in [0.4, 0.5) is 0 Å². The molecule has 0 saturated carbocycles. The Bertz CT molecular complexity index is 454. The molecule has 110 valence electrons. The largest absolute Gasteiger partial charge is 0.466 e. The number of rotatable bonds is 7. The van der Waals surface area contributed by atoms with Crippen LogP contribution in [0.1, 0.15) is 32.6 Å². The van der Waals surface area contributed by atoms with Crippen LogP contribution in [0, 0.1) is 0 Å². The molecule has 0 fully saturated rings. The van der Waals surface area contributed by atoms with Crippen LogP contribution >= 0.6 is 23.2 Å². The molecule has 0 aliphatic heterocycles. The van der Waals surface area contributed by atoms with Crippen molar-refractivity contribution in [3.8, 4) is 5.75 Å². The number of hydrogen-bond acceptors (Lipinski definition) is 4. The van der Waals surface area contributed by atoms with Crippen LogP contribution in [0.5, 0.6) is 5.75 Å². The van der Waals surface area contributed by atoms with E-state index in [0.29, 0.717) is 16.7 Å². The molecule has 0 unspecified atom stereocenters. The summed E-state index contributed by atoms with van der Waals surface area (Å²) in [5, 5.41) is 0.749. The smallest absolute Gasteiger partial charge is 0.311 e. The predicted molar refractivity (Wildman–Crippen MR) is 77.2 cm³/mol. The Hall–Kier alpha value is -1.26. The van der Waals surface area contributed by atoms with Gasteiger partial charge in [-0.1, -0.05) is 36.5 Å². The average Bonchev–Trinajstić information content (AvgIpc) is 2.35. The van der Waals surface area contributed by atoms with Gasteiger partial charge in [-0.15, -0.1) is 0 Å². The molecule has 0 bridgehead atoms. The summed E-state index contributed by atoms with van der Waals surface area (Å²) in [4.78, 5) is 22.9. The fraction of sp³-hybridized carbons (Fsp3) is 0.429. The van der Waals surface area contributed by atoms with E-state index in [4.69, 9.17) is 32.7 Å². The van der Waals surface area contributed by atoms with Gasteiger partial charge in [0.2, 0.25) is 0 Å². The molecule has 6 heteroatoms. The summed E-state index contributed by atoms with van der Waals surface area (Å²) in [7, 11) is 0. The van der Waals surface area contributed by atoms with E-state index < -0.39 is 11.9 Å². The second-order valence-corrected chi connectivity index (χ2v) is 5.03. The minimum atomic E-state index is -0.532. The maximum Gasteiger partial charge on any atom is 0.311 e. The van der Waals surface area contributed by atoms with Crippen LogP contribution < -0.4 is 4.74 Å². The molecule has 1 aromatic rings. The molecular weight excluding hydrogens is 303 g/mol. The molecule has 1 rings (SSSR count). The molecule has 4 nitrogen and oxygen atoms in total. The molecule has 0 radical (unpaired) electrons. The number of halogens is 2. The highest BCUT2D eigenvalue weighted by molar-refractivity contribution is 6.34. The van der Waals surface area contributed by atoms with Crippen molar-refractivity contribution in [3.63, 3.8) is 0 Å². The highest BCUT2D eigenvalue weighted by Crippen LogP contribution is 2.24. The number of benzene rings is 1. The van der Waals surface area contributed by atoms with Crippen LogP contribution in [0.25, 0.3) is 0 Å². The lowest BCUT2D eigenvalue weighted by Crippen LogP contribution is -2.12. The van der Waals surface area contributed by atoms with Crippen molar-refractivity contribution in [3.05, 3.63) is 28.2 Å². The number of hydrogen-bond donors (Lipinski definition) is 0. The van der Waals surface area contributed by atoms with Gasteiger partial charge < -0.3 is 9.47 Å². The van der Waals surface area contributed by atoms with Crippen molar-refractivity contribution in [2.24, 2.45) is 0 Å². The zero-order valence-electron chi connectivity index (χ0n) is 11.2. The van der Waals surface area contributed by atoms with E-state index in [1.165, 1.54) is 18.2 Å². The van der Waals surface area contributed by atoms with E-state index in [0.717, 1.165) is 12.8 Å². The second kappa shape index (κ2) is 8.82. The maximum atomic E-state index is 11.6. The molecule has 0 N–H and O–H groups in total. The summed E-state index contributed by atoms with van der Waals surface area (Å²) in [5.74, 6) is -0.679. The first-order valence-corrected chi connectivity index (χ1v) is 7.09. The third-order valence-electron chi connectivity index (χ3n) is 2.36. The van der Waals surface area contributed by atoms with Crippen molar-refractivity contribution in [1.29, 1.82) is 0 Å². The summed E-state index contributed by atoms with van der Waals surface area (Å²) in [6.45, 7) is 2.38. The van der Waals surface area contributed by atoms with Gasteiger partial charge in [0.1, 0.15) is 5.75 Å². The van der Waals surface area contributed by atoms with Gasteiger partial charge in [-0.2, -0.15) is 0 Å². The van der Waals surface area contributed by atoms with E-state index in [-0.39, 0.29) is 18.6 Å². The third-order valence-corrected chi connectivity index (χ3v) is 2.80. The first kappa shape index (κ1) is 16.8. The SMILES string of the molecule is CCCCOC(=O)CCC(=O)Oc1cc(Cl)cc(Cl)c1. The molecule has 1 aromatic carbocycles. The van der Waals surface area contributed by atoms with Crippen molar-refractivity contribution in [2.45, 2.75) is 32.6 Å². The minimum absolute atomic E-state index is 0.00313. The van der Waals surface area contributed by atoms with Gasteiger partial charge in [0.15, 0.2) is 0 Å². The highest BCUT2D eigenvalue weighted by Gasteiger charge is 2.10. The Morgan fingerprint density at radius 1 is 1.05 bits per heavy atom. The Morgan fingerprint density at radius 2 is 1.65 bits per heavy atom. The maximum absolute atomic E-state index is 11.6. The molecular formula is C14H16Cl2O4. The fourth-order valence-electron chi connectivity index (χ4n) is 1.38. The standard InChI is InChI=1S/C14H16Cl2O4/c1-2-3-6-19-13(17)4-5-14(18)20-12-8-10(15)7-11(16)9-12/h7-9H,2-6H2,1H3. The number of carbonyl (C=O) groups is 2. The van der Waals surface area contributed by atoms with Crippen molar-refractivity contribution in [1.82, 2.24) is 0 Å². The van der Waals surface area contributed by atoms with E-state index in [9.17, 15) is 9.59 Å². The van der Waals surface area contributed by atoms with Gasteiger partial charge in [-0.3, -0.25) is 9.59 Å². The first-order chi connectivity index (χ1) is 9.51. The van der Waals surface area contributed by atoms with Gasteiger partial charge in [0.25, 0.3) is 0 Å². The van der Waals surface area contributed by atoms with Gasteiger partial charge in [-0.05, 0) is 24.6 Å². The van der Waals surface area contributed by atoms with Crippen molar-refractivity contribution < 1.29 is 19.1 Å². The number of unbranched alkanes of at least 4 members (excludes halogenated alkanes) is 1. The van der Waals surface area contributed by atoms with Crippen LogP contribution in [0.15, 0.2) is 18.2 Å². The zero-order chi connectivity index (χ0) is 15.0. The summed E-state index contributed by atoms with van der Waals surface area (Å²) >= 11 is 11.6. The number of esters is 2. The number of carbonyl (C=O) groups excluding carboxylic acids is 2. The lowest BCUT2D eigenvalue weighted by molar-refractivity contribution is -0.147. The molecule has 0 aliphatic carbocycles. The van der Waals surface area contributed by atoms with Gasteiger partial charge in [0.05, 0.1) is 19.4 Å². The summed E-state index contributed by atoms with van der Waals surface area (Å²) in [5.41, 5.74) is 0. The Labute approximate surface area is 128 Å². The quantitative estimate of drug-likeness (QED) is 0.433. The predicted octanol–water partition coefficient (Wildman–Crippen LogP) is 4.02. The van der Waals surface area contributed by atoms with Gasteiger partial charge in [0, 0.05) is 10.0 Å².